The summed E-state index contributed by atoms with van der Waals surface area (Å²) < 4.78 is 16.3. The summed E-state index contributed by atoms with van der Waals surface area (Å²) in [5.41, 5.74) is 3.28. The number of hydrogen-bond donors (Lipinski definition) is 0. The lowest BCUT2D eigenvalue weighted by atomic mass is 9.89. The number of rotatable bonds is 4. The van der Waals surface area contributed by atoms with Crippen molar-refractivity contribution in [2.75, 3.05) is 32.1 Å². The molecule has 1 saturated heterocycles. The maximum atomic E-state index is 14.6. The maximum absolute atomic E-state index is 14.6. The highest BCUT2D eigenvalue weighted by atomic mass is 19.1. The summed E-state index contributed by atoms with van der Waals surface area (Å²) in [6, 6.07) is 6.67. The Balaban J connectivity index is 1.70. The van der Waals surface area contributed by atoms with Gasteiger partial charge in [-0.15, -0.1) is 0 Å². The predicted molar refractivity (Wildman–Crippen MR) is 118 cm³/mol. The molecule has 1 atom stereocenters. The van der Waals surface area contributed by atoms with E-state index in [2.05, 4.69) is 10.1 Å². The minimum Gasteiger partial charge on any atom is -0.347 e. The first-order valence-electron chi connectivity index (χ1n) is 10.4. The third kappa shape index (κ3) is 4.15. The van der Waals surface area contributed by atoms with Gasteiger partial charge in [-0.05, 0) is 25.8 Å². The number of anilines is 1. The number of nitrogens with zero attached hydrogens (tertiary/aromatic N) is 6. The van der Waals surface area contributed by atoms with Crippen LogP contribution in [0.5, 0.6) is 0 Å². The van der Waals surface area contributed by atoms with Crippen LogP contribution in [0.1, 0.15) is 40.5 Å². The molecule has 2 aromatic heterocycles. The molecule has 0 radical (unpaired) electrons. The van der Waals surface area contributed by atoms with E-state index in [1.165, 1.54) is 6.07 Å². The molecule has 3 aromatic rings. The van der Waals surface area contributed by atoms with Gasteiger partial charge >= 0.3 is 0 Å². The zero-order valence-corrected chi connectivity index (χ0v) is 18.3. The molecular weight excluding hydrogens is 395 g/mol. The molecule has 0 N–H and O–H groups in total. The first kappa shape index (κ1) is 21.0. The van der Waals surface area contributed by atoms with Crippen molar-refractivity contribution in [1.29, 1.82) is 0 Å². The topological polar surface area (TPSA) is 67.2 Å². The number of piperidine rings is 1. The van der Waals surface area contributed by atoms with E-state index in [1.807, 2.05) is 43.9 Å². The van der Waals surface area contributed by atoms with Gasteiger partial charge in [-0.3, -0.25) is 9.48 Å². The monoisotopic (exact) mass is 422 g/mol. The van der Waals surface area contributed by atoms with Gasteiger partial charge in [-0.2, -0.15) is 5.10 Å². The predicted octanol–water partition coefficient (Wildman–Crippen LogP) is 3.41. The molecule has 162 valence electrons. The minimum absolute atomic E-state index is 0.00835. The average molecular weight is 423 g/mol. The van der Waals surface area contributed by atoms with Gasteiger partial charge < -0.3 is 9.80 Å². The van der Waals surface area contributed by atoms with Crippen LogP contribution in [0.15, 0.2) is 36.7 Å². The third-order valence-electron chi connectivity index (χ3n) is 5.71. The van der Waals surface area contributed by atoms with Gasteiger partial charge in [0.1, 0.15) is 5.82 Å². The van der Waals surface area contributed by atoms with E-state index in [1.54, 1.807) is 29.2 Å². The molecule has 31 heavy (non-hydrogen) atoms. The maximum Gasteiger partial charge on any atom is 0.257 e. The Kier molecular flexibility index (Phi) is 5.71. The normalized spacial score (nSPS) is 16.4. The number of benzene rings is 1. The van der Waals surface area contributed by atoms with E-state index in [9.17, 15) is 9.18 Å². The number of halogens is 1. The number of hydrogen-bond acceptors (Lipinski definition) is 5. The van der Waals surface area contributed by atoms with Gasteiger partial charge in [0.2, 0.25) is 5.95 Å². The quantitative estimate of drug-likeness (QED) is 0.645. The zero-order valence-electron chi connectivity index (χ0n) is 18.3. The molecule has 7 nitrogen and oxygen atoms in total. The van der Waals surface area contributed by atoms with Crippen molar-refractivity contribution < 1.29 is 9.18 Å². The second-order valence-electron chi connectivity index (χ2n) is 8.24. The zero-order chi connectivity index (χ0) is 22.1. The van der Waals surface area contributed by atoms with Gasteiger partial charge in [0.05, 0.1) is 17.0 Å². The number of likely N-dealkylation sites (tertiary alicyclic amines) is 1. The lowest BCUT2D eigenvalue weighted by Gasteiger charge is -2.33. The summed E-state index contributed by atoms with van der Waals surface area (Å²) in [5.74, 6) is 0.233. The molecule has 1 aliphatic rings. The van der Waals surface area contributed by atoms with Crippen molar-refractivity contribution in [2.45, 2.75) is 25.7 Å². The standard InChI is InChI=1S/C23H27FN6O/c1-15-19(14-29(4)27-15)22(31)30-11-7-8-16(13-30)21-18(12-25-23(26-21)28(2)3)17-9-5-6-10-20(17)24/h5-6,9-10,12,14,16H,7-8,11,13H2,1-4H3/t16-/m1/s1. The van der Waals surface area contributed by atoms with Crippen LogP contribution in [0.4, 0.5) is 10.3 Å². The fourth-order valence-corrected chi connectivity index (χ4v) is 4.16. The SMILES string of the molecule is Cc1nn(C)cc1C(=O)N1CCC[C@@H](c2nc(N(C)C)ncc2-c2ccccc2F)C1. The third-order valence-corrected chi connectivity index (χ3v) is 5.71. The molecule has 0 saturated carbocycles. The van der Waals surface area contributed by atoms with Gasteiger partial charge in [-0.1, -0.05) is 18.2 Å². The van der Waals surface area contributed by atoms with Gasteiger partial charge in [0, 0.05) is 63.7 Å². The fourth-order valence-electron chi connectivity index (χ4n) is 4.16. The molecule has 0 bridgehead atoms. The van der Waals surface area contributed by atoms with E-state index < -0.39 is 0 Å². The molecule has 0 aliphatic carbocycles. The Morgan fingerprint density at radius 3 is 2.68 bits per heavy atom. The van der Waals surface area contributed by atoms with Crippen molar-refractivity contribution in [3.8, 4) is 11.1 Å². The van der Waals surface area contributed by atoms with Crippen molar-refractivity contribution in [2.24, 2.45) is 7.05 Å². The Labute approximate surface area is 181 Å². The van der Waals surface area contributed by atoms with Crippen LogP contribution >= 0.6 is 0 Å². The molecule has 4 rings (SSSR count). The second kappa shape index (κ2) is 8.45. The smallest absolute Gasteiger partial charge is 0.257 e. The van der Waals surface area contributed by atoms with Crippen molar-refractivity contribution in [1.82, 2.24) is 24.6 Å². The summed E-state index contributed by atoms with van der Waals surface area (Å²) in [5, 5.41) is 4.30. The van der Waals surface area contributed by atoms with Crippen LogP contribution < -0.4 is 4.90 Å². The Bertz CT molecular complexity index is 1110. The van der Waals surface area contributed by atoms with E-state index in [4.69, 9.17) is 4.98 Å². The highest BCUT2D eigenvalue weighted by Crippen LogP contribution is 2.35. The number of carbonyl (C=O) groups is 1. The molecule has 3 heterocycles. The summed E-state index contributed by atoms with van der Waals surface area (Å²) in [6.07, 6.45) is 5.19. The van der Waals surface area contributed by atoms with Gasteiger partial charge in [0.25, 0.3) is 5.91 Å². The number of aromatic nitrogens is 4. The van der Waals surface area contributed by atoms with E-state index in [0.29, 0.717) is 35.7 Å². The van der Waals surface area contributed by atoms with Crippen LogP contribution in [-0.2, 0) is 7.05 Å². The summed E-state index contributed by atoms with van der Waals surface area (Å²) in [7, 11) is 5.57. The van der Waals surface area contributed by atoms with Crippen LogP contribution in [0, 0.1) is 12.7 Å². The summed E-state index contributed by atoms with van der Waals surface area (Å²) in [4.78, 5) is 26.1. The largest absolute Gasteiger partial charge is 0.347 e. The van der Waals surface area contributed by atoms with E-state index in [-0.39, 0.29) is 17.6 Å². The molecule has 1 aromatic carbocycles. The van der Waals surface area contributed by atoms with Crippen molar-refractivity contribution >= 4 is 11.9 Å². The molecule has 1 fully saturated rings. The Morgan fingerprint density at radius 2 is 2.00 bits per heavy atom. The minimum atomic E-state index is -0.306. The van der Waals surface area contributed by atoms with Gasteiger partial charge in [0.15, 0.2) is 0 Å². The molecule has 1 amide bonds. The summed E-state index contributed by atoms with van der Waals surface area (Å²) >= 11 is 0. The fraction of sp³-hybridized carbons (Fsp3) is 0.391. The first-order chi connectivity index (χ1) is 14.8. The Hall–Kier alpha value is -3.29. The van der Waals surface area contributed by atoms with Crippen molar-refractivity contribution in [3.63, 3.8) is 0 Å². The number of aryl methyl sites for hydroxylation is 2. The highest BCUT2D eigenvalue weighted by molar-refractivity contribution is 5.95. The number of amides is 1. The van der Waals surface area contributed by atoms with E-state index in [0.717, 1.165) is 24.2 Å². The van der Waals surface area contributed by atoms with Crippen molar-refractivity contribution in [3.05, 3.63) is 59.4 Å². The molecule has 0 spiro atoms. The van der Waals surface area contributed by atoms with E-state index >= 15 is 0 Å². The molecular formula is C23H27FN6O. The molecule has 0 unspecified atom stereocenters. The van der Waals surface area contributed by atoms with Crippen LogP contribution in [0.3, 0.4) is 0 Å². The van der Waals surface area contributed by atoms with Crippen LogP contribution in [-0.4, -0.2) is 57.7 Å². The lowest BCUT2D eigenvalue weighted by molar-refractivity contribution is 0.0705. The van der Waals surface area contributed by atoms with Crippen LogP contribution in [0.25, 0.3) is 11.1 Å². The first-order valence-corrected chi connectivity index (χ1v) is 10.4. The average Bonchev–Trinajstić information content (AvgIpc) is 3.11. The second-order valence-corrected chi connectivity index (χ2v) is 8.24. The number of carbonyl (C=O) groups excluding carboxylic acids is 1. The molecule has 8 heteroatoms. The van der Waals surface area contributed by atoms with Crippen LogP contribution in [0.2, 0.25) is 0 Å². The molecule has 1 aliphatic heterocycles. The highest BCUT2D eigenvalue weighted by Gasteiger charge is 2.30. The summed E-state index contributed by atoms with van der Waals surface area (Å²) in [6.45, 7) is 3.06. The van der Waals surface area contributed by atoms with Gasteiger partial charge in [-0.25, -0.2) is 14.4 Å². The Morgan fingerprint density at radius 1 is 1.23 bits per heavy atom. The lowest BCUT2D eigenvalue weighted by Crippen LogP contribution is -2.39.